The molecule has 1 aromatic heterocycles. The van der Waals surface area contributed by atoms with Gasteiger partial charge in [-0.1, -0.05) is 6.92 Å². The normalized spacial score (nSPS) is 27.4. The lowest BCUT2D eigenvalue weighted by Gasteiger charge is -2.35. The van der Waals surface area contributed by atoms with Gasteiger partial charge in [0, 0.05) is 13.1 Å². The fourth-order valence-electron chi connectivity index (χ4n) is 2.57. The number of aliphatic hydroxyl groups is 1. The van der Waals surface area contributed by atoms with Crippen LogP contribution in [0.3, 0.4) is 0 Å². The molecule has 2 rings (SSSR count). The van der Waals surface area contributed by atoms with Crippen LogP contribution in [0.2, 0.25) is 0 Å². The molecule has 0 saturated heterocycles. The quantitative estimate of drug-likeness (QED) is 0.776. The highest BCUT2D eigenvalue weighted by Gasteiger charge is 2.31. The maximum Gasteiger partial charge on any atom is 0.346 e. The molecule has 0 bridgehead atoms. The van der Waals surface area contributed by atoms with E-state index < -0.39 is 11.6 Å². The van der Waals surface area contributed by atoms with Crippen LogP contribution >= 0.6 is 11.3 Å². The Bertz CT molecular complexity index is 436. The van der Waals surface area contributed by atoms with Crippen LogP contribution in [0.25, 0.3) is 0 Å². The maximum atomic E-state index is 11.0. The first-order valence-electron chi connectivity index (χ1n) is 6.73. The standard InChI is InChI=1S/C14H21NO3S/c1-10-2-5-14(18,6-3-10)9-15-8-11-4-7-19-12(11)13(16)17/h4,7,10,15,18H,2-3,5-6,8-9H2,1H3,(H,16,17). The van der Waals surface area contributed by atoms with Gasteiger partial charge in [0.25, 0.3) is 0 Å². The van der Waals surface area contributed by atoms with E-state index in [0.717, 1.165) is 31.2 Å². The predicted octanol–water partition coefficient (Wildman–Crippen LogP) is 2.48. The first-order chi connectivity index (χ1) is 9.00. The van der Waals surface area contributed by atoms with E-state index in [9.17, 15) is 9.90 Å². The lowest BCUT2D eigenvalue weighted by molar-refractivity contribution is -0.00629. The largest absolute Gasteiger partial charge is 0.477 e. The van der Waals surface area contributed by atoms with Crippen LogP contribution in [0.5, 0.6) is 0 Å². The average molecular weight is 283 g/mol. The van der Waals surface area contributed by atoms with E-state index in [1.165, 1.54) is 11.3 Å². The molecule has 106 valence electrons. The lowest BCUT2D eigenvalue weighted by Crippen LogP contribution is -2.43. The van der Waals surface area contributed by atoms with Crippen molar-refractivity contribution in [1.82, 2.24) is 5.32 Å². The number of nitrogens with one attached hydrogen (secondary N) is 1. The van der Waals surface area contributed by atoms with Gasteiger partial charge < -0.3 is 15.5 Å². The molecule has 5 heteroatoms. The van der Waals surface area contributed by atoms with Crippen molar-refractivity contribution in [3.8, 4) is 0 Å². The molecule has 19 heavy (non-hydrogen) atoms. The molecule has 0 spiro atoms. The van der Waals surface area contributed by atoms with Gasteiger partial charge in [0.05, 0.1) is 5.60 Å². The Labute approximate surface area is 117 Å². The third kappa shape index (κ3) is 3.78. The number of thiophene rings is 1. The molecule has 0 aromatic carbocycles. The van der Waals surface area contributed by atoms with Gasteiger partial charge in [-0.15, -0.1) is 11.3 Å². The summed E-state index contributed by atoms with van der Waals surface area (Å²) >= 11 is 1.24. The van der Waals surface area contributed by atoms with Gasteiger partial charge in [0.2, 0.25) is 0 Å². The predicted molar refractivity (Wildman–Crippen MR) is 75.6 cm³/mol. The summed E-state index contributed by atoms with van der Waals surface area (Å²) in [5.41, 5.74) is 0.177. The summed E-state index contributed by atoms with van der Waals surface area (Å²) < 4.78 is 0. The highest BCUT2D eigenvalue weighted by atomic mass is 32.1. The summed E-state index contributed by atoms with van der Waals surface area (Å²) in [7, 11) is 0. The minimum absolute atomic E-state index is 0.386. The number of rotatable bonds is 5. The first-order valence-corrected chi connectivity index (χ1v) is 7.61. The van der Waals surface area contributed by atoms with Crippen LogP contribution in [-0.4, -0.2) is 28.3 Å². The molecule has 0 unspecified atom stereocenters. The fraction of sp³-hybridized carbons (Fsp3) is 0.643. The van der Waals surface area contributed by atoms with Gasteiger partial charge in [0.15, 0.2) is 0 Å². The number of hydrogen-bond donors (Lipinski definition) is 3. The highest BCUT2D eigenvalue weighted by Crippen LogP contribution is 2.31. The minimum atomic E-state index is -0.878. The van der Waals surface area contributed by atoms with Crippen molar-refractivity contribution in [2.24, 2.45) is 5.92 Å². The second-order valence-corrected chi connectivity index (χ2v) is 6.51. The van der Waals surface area contributed by atoms with Crippen molar-refractivity contribution < 1.29 is 15.0 Å². The molecule has 1 aromatic rings. The molecule has 1 fully saturated rings. The summed E-state index contributed by atoms with van der Waals surface area (Å²) in [4.78, 5) is 11.4. The van der Waals surface area contributed by atoms with Crippen LogP contribution < -0.4 is 5.32 Å². The van der Waals surface area contributed by atoms with Gasteiger partial charge in [-0.2, -0.15) is 0 Å². The number of carboxylic acid groups (broad SMARTS) is 1. The van der Waals surface area contributed by atoms with E-state index in [4.69, 9.17) is 5.11 Å². The summed E-state index contributed by atoms with van der Waals surface area (Å²) in [6, 6.07) is 1.83. The summed E-state index contributed by atoms with van der Waals surface area (Å²) in [5.74, 6) is -0.173. The molecule has 0 aliphatic heterocycles. The Morgan fingerprint density at radius 2 is 2.21 bits per heavy atom. The SMILES string of the molecule is CC1CCC(O)(CNCc2ccsc2C(=O)O)CC1. The van der Waals surface area contributed by atoms with Gasteiger partial charge in [-0.25, -0.2) is 4.79 Å². The van der Waals surface area contributed by atoms with Gasteiger partial charge in [-0.05, 0) is 48.6 Å². The van der Waals surface area contributed by atoms with E-state index in [1.54, 1.807) is 5.38 Å². The smallest absolute Gasteiger partial charge is 0.346 e. The third-order valence-electron chi connectivity index (χ3n) is 3.92. The molecule has 1 aliphatic carbocycles. The summed E-state index contributed by atoms with van der Waals surface area (Å²) in [6.07, 6.45) is 3.79. The van der Waals surface area contributed by atoms with Crippen LogP contribution in [0.15, 0.2) is 11.4 Å². The van der Waals surface area contributed by atoms with Crippen LogP contribution in [0.1, 0.15) is 47.8 Å². The van der Waals surface area contributed by atoms with E-state index in [1.807, 2.05) is 6.07 Å². The number of hydrogen-bond acceptors (Lipinski definition) is 4. The molecule has 4 nitrogen and oxygen atoms in total. The first kappa shape index (κ1) is 14.5. The molecule has 3 N–H and O–H groups in total. The van der Waals surface area contributed by atoms with E-state index in [-0.39, 0.29) is 0 Å². The van der Waals surface area contributed by atoms with Crippen molar-refractivity contribution in [2.75, 3.05) is 6.54 Å². The number of carbonyl (C=O) groups is 1. The fourth-order valence-corrected chi connectivity index (χ4v) is 3.33. The van der Waals surface area contributed by atoms with Gasteiger partial charge in [0.1, 0.15) is 4.88 Å². The zero-order valence-electron chi connectivity index (χ0n) is 11.2. The zero-order chi connectivity index (χ0) is 13.9. The minimum Gasteiger partial charge on any atom is -0.477 e. The van der Waals surface area contributed by atoms with Crippen molar-refractivity contribution >= 4 is 17.3 Å². The van der Waals surface area contributed by atoms with Crippen LogP contribution in [0, 0.1) is 5.92 Å². The van der Waals surface area contributed by atoms with Crippen molar-refractivity contribution in [1.29, 1.82) is 0 Å². The lowest BCUT2D eigenvalue weighted by atomic mass is 9.79. The third-order valence-corrected chi connectivity index (χ3v) is 4.86. The Kier molecular flexibility index (Phi) is 4.60. The maximum absolute atomic E-state index is 11.0. The van der Waals surface area contributed by atoms with Crippen molar-refractivity contribution in [2.45, 2.75) is 44.8 Å². The number of aromatic carboxylic acids is 1. The molecular weight excluding hydrogens is 262 g/mol. The van der Waals surface area contributed by atoms with E-state index in [0.29, 0.717) is 23.9 Å². The van der Waals surface area contributed by atoms with Crippen LogP contribution in [-0.2, 0) is 6.54 Å². The Hall–Kier alpha value is -0.910. The second-order valence-electron chi connectivity index (χ2n) is 5.59. The molecule has 0 atom stereocenters. The van der Waals surface area contributed by atoms with Crippen molar-refractivity contribution in [3.05, 3.63) is 21.9 Å². The molecule has 1 aliphatic rings. The molecule has 0 amide bonds. The summed E-state index contributed by atoms with van der Waals surface area (Å²) in [6.45, 7) is 3.26. The number of carboxylic acids is 1. The molecular formula is C14H21NO3S. The topological polar surface area (TPSA) is 69.6 Å². The van der Waals surface area contributed by atoms with Crippen LogP contribution in [0.4, 0.5) is 0 Å². The summed E-state index contributed by atoms with van der Waals surface area (Å²) in [5, 5.41) is 24.4. The van der Waals surface area contributed by atoms with Crippen molar-refractivity contribution in [3.63, 3.8) is 0 Å². The van der Waals surface area contributed by atoms with Gasteiger partial charge >= 0.3 is 5.97 Å². The zero-order valence-corrected chi connectivity index (χ0v) is 12.0. The van der Waals surface area contributed by atoms with E-state index in [2.05, 4.69) is 12.2 Å². The average Bonchev–Trinajstić information content (AvgIpc) is 2.82. The second kappa shape index (κ2) is 6.03. The van der Waals surface area contributed by atoms with E-state index >= 15 is 0 Å². The Balaban J connectivity index is 1.83. The highest BCUT2D eigenvalue weighted by molar-refractivity contribution is 7.12. The Morgan fingerprint density at radius 1 is 1.53 bits per heavy atom. The monoisotopic (exact) mass is 283 g/mol. The molecule has 0 radical (unpaired) electrons. The van der Waals surface area contributed by atoms with Gasteiger partial charge in [-0.3, -0.25) is 0 Å². The molecule has 1 saturated carbocycles. The molecule has 1 heterocycles. The Morgan fingerprint density at radius 3 is 2.84 bits per heavy atom.